The van der Waals surface area contributed by atoms with E-state index in [0.717, 1.165) is 22.0 Å². The summed E-state index contributed by atoms with van der Waals surface area (Å²) in [6.45, 7) is 1.93. The zero-order valence-corrected chi connectivity index (χ0v) is 18.7. The van der Waals surface area contributed by atoms with Crippen molar-refractivity contribution in [3.05, 3.63) is 77.9 Å². The lowest BCUT2D eigenvalue weighted by Crippen LogP contribution is -2.10. The van der Waals surface area contributed by atoms with Crippen molar-refractivity contribution in [3.8, 4) is 0 Å². The normalized spacial score (nSPS) is 11.7. The second kappa shape index (κ2) is 8.16. The van der Waals surface area contributed by atoms with E-state index in [1.54, 1.807) is 42.1 Å². The number of fused-ring (bicyclic) bond motifs is 1. The van der Waals surface area contributed by atoms with Crippen LogP contribution >= 0.6 is 11.8 Å². The third-order valence-corrected chi connectivity index (χ3v) is 7.60. The fourth-order valence-corrected chi connectivity index (χ4v) is 5.44. The maximum absolute atomic E-state index is 13.0. The van der Waals surface area contributed by atoms with Gasteiger partial charge in [0.25, 0.3) is 0 Å². The number of aromatic amines is 1. The van der Waals surface area contributed by atoms with Crippen LogP contribution in [-0.4, -0.2) is 32.5 Å². The first-order valence-corrected chi connectivity index (χ1v) is 12.0. The van der Waals surface area contributed by atoms with E-state index in [-0.39, 0.29) is 4.90 Å². The molecule has 1 aromatic heterocycles. The van der Waals surface area contributed by atoms with Crippen molar-refractivity contribution in [3.63, 3.8) is 0 Å². The number of nitrogens with zero attached hydrogens (tertiary/aromatic N) is 2. The molecular formula is C23H23N3O2S2. The van der Waals surface area contributed by atoms with Crippen molar-refractivity contribution in [2.75, 3.05) is 19.0 Å². The van der Waals surface area contributed by atoms with E-state index >= 15 is 0 Å². The number of aryl methyl sites for hydroxylation is 1. The molecule has 154 valence electrons. The van der Waals surface area contributed by atoms with E-state index in [2.05, 4.69) is 27.0 Å². The average Bonchev–Trinajstić information content (AvgIpc) is 3.15. The molecule has 0 unspecified atom stereocenters. The van der Waals surface area contributed by atoms with Crippen molar-refractivity contribution in [1.29, 1.82) is 0 Å². The number of H-pyrrole nitrogens is 1. The fraction of sp³-hybridized carbons (Fsp3) is 0.174. The number of para-hydroxylation sites is 1. The first-order chi connectivity index (χ1) is 14.3. The summed E-state index contributed by atoms with van der Waals surface area (Å²) in [6.07, 6.45) is 0. The molecule has 4 rings (SSSR count). The smallest absolute Gasteiger partial charge is 0.206 e. The molecule has 0 fully saturated rings. The number of hydrogen-bond donors (Lipinski definition) is 1. The molecule has 0 radical (unpaired) electrons. The highest BCUT2D eigenvalue weighted by atomic mass is 32.2. The van der Waals surface area contributed by atoms with Crippen molar-refractivity contribution >= 4 is 38.3 Å². The number of nitrogens with one attached hydrogen (secondary N) is 1. The lowest BCUT2D eigenvalue weighted by atomic mass is 10.2. The van der Waals surface area contributed by atoms with Gasteiger partial charge >= 0.3 is 0 Å². The summed E-state index contributed by atoms with van der Waals surface area (Å²) in [5.74, 6) is 0.767. The Balaban J connectivity index is 1.59. The summed E-state index contributed by atoms with van der Waals surface area (Å²) in [5.41, 5.74) is 4.88. The fourth-order valence-electron chi connectivity index (χ4n) is 3.27. The van der Waals surface area contributed by atoms with Gasteiger partial charge in [-0.2, -0.15) is 0 Å². The Kier molecular flexibility index (Phi) is 5.58. The molecule has 1 heterocycles. The summed E-state index contributed by atoms with van der Waals surface area (Å²) in [6, 6.07) is 20.2. The van der Waals surface area contributed by atoms with E-state index in [4.69, 9.17) is 0 Å². The van der Waals surface area contributed by atoms with Gasteiger partial charge in [-0.3, -0.25) is 0 Å². The molecule has 0 spiro atoms. The van der Waals surface area contributed by atoms with Crippen LogP contribution in [0.15, 0.2) is 81.7 Å². The van der Waals surface area contributed by atoms with E-state index in [9.17, 15) is 8.42 Å². The van der Waals surface area contributed by atoms with Crippen LogP contribution in [0.4, 0.5) is 5.69 Å². The minimum atomic E-state index is -3.57. The number of benzene rings is 3. The van der Waals surface area contributed by atoms with Crippen LogP contribution in [0, 0.1) is 6.92 Å². The summed E-state index contributed by atoms with van der Waals surface area (Å²) in [7, 11) is 0.488. The summed E-state index contributed by atoms with van der Waals surface area (Å²) in [4.78, 5) is 10.5. The van der Waals surface area contributed by atoms with Crippen LogP contribution in [0.5, 0.6) is 0 Å². The molecule has 0 saturated carbocycles. The molecular weight excluding hydrogens is 414 g/mol. The lowest BCUT2D eigenvalue weighted by Gasteiger charge is -2.16. The molecule has 7 heteroatoms. The SMILES string of the molecule is Cc1ccc(S(=O)(=O)c2ccc3nc(SCc4ccccc4N(C)C)[nH]c3c2)cc1. The highest BCUT2D eigenvalue weighted by molar-refractivity contribution is 7.98. The molecule has 3 aromatic carbocycles. The molecule has 4 aromatic rings. The number of sulfone groups is 1. The van der Waals surface area contributed by atoms with Gasteiger partial charge in [0.05, 0.1) is 20.8 Å². The van der Waals surface area contributed by atoms with E-state index < -0.39 is 9.84 Å². The van der Waals surface area contributed by atoms with Gasteiger partial charge in [0.1, 0.15) is 0 Å². The van der Waals surface area contributed by atoms with Crippen LogP contribution in [0.25, 0.3) is 11.0 Å². The quantitative estimate of drug-likeness (QED) is 0.427. The van der Waals surface area contributed by atoms with Crippen LogP contribution in [0.3, 0.4) is 0 Å². The lowest BCUT2D eigenvalue weighted by molar-refractivity contribution is 0.596. The van der Waals surface area contributed by atoms with Gasteiger partial charge in [-0.1, -0.05) is 47.7 Å². The predicted octanol–water partition coefficient (Wildman–Crippen LogP) is 5.06. The van der Waals surface area contributed by atoms with Gasteiger partial charge < -0.3 is 9.88 Å². The minimum absolute atomic E-state index is 0.261. The van der Waals surface area contributed by atoms with Crippen molar-refractivity contribution < 1.29 is 8.42 Å². The average molecular weight is 438 g/mol. The number of thioether (sulfide) groups is 1. The van der Waals surface area contributed by atoms with Crippen LogP contribution in [0.2, 0.25) is 0 Å². The maximum atomic E-state index is 13.0. The molecule has 0 aliphatic rings. The zero-order valence-electron chi connectivity index (χ0n) is 17.1. The number of rotatable bonds is 6. The largest absolute Gasteiger partial charge is 0.377 e. The van der Waals surface area contributed by atoms with Gasteiger partial charge in [-0.15, -0.1) is 0 Å². The minimum Gasteiger partial charge on any atom is -0.377 e. The van der Waals surface area contributed by atoms with Crippen LogP contribution in [-0.2, 0) is 15.6 Å². The number of anilines is 1. The second-order valence-electron chi connectivity index (χ2n) is 7.35. The highest BCUT2D eigenvalue weighted by Gasteiger charge is 2.18. The molecule has 0 saturated heterocycles. The molecule has 1 N–H and O–H groups in total. The third kappa shape index (κ3) is 4.08. The van der Waals surface area contributed by atoms with Gasteiger partial charge in [0, 0.05) is 25.5 Å². The van der Waals surface area contributed by atoms with E-state index in [0.29, 0.717) is 10.4 Å². The monoisotopic (exact) mass is 437 g/mol. The molecule has 0 atom stereocenters. The third-order valence-electron chi connectivity index (χ3n) is 4.91. The molecule has 30 heavy (non-hydrogen) atoms. The van der Waals surface area contributed by atoms with Crippen molar-refractivity contribution in [2.45, 2.75) is 27.6 Å². The van der Waals surface area contributed by atoms with Gasteiger partial charge in [0.2, 0.25) is 9.84 Å². The number of imidazole rings is 1. The Bertz CT molecular complexity index is 1290. The Morgan fingerprint density at radius 1 is 0.967 bits per heavy atom. The summed E-state index contributed by atoms with van der Waals surface area (Å²) in [5, 5.41) is 0.767. The maximum Gasteiger partial charge on any atom is 0.206 e. The Hall–Kier alpha value is -2.77. The Morgan fingerprint density at radius 2 is 1.67 bits per heavy atom. The number of aromatic nitrogens is 2. The Labute approximate surface area is 181 Å². The Morgan fingerprint density at radius 3 is 2.40 bits per heavy atom. The second-order valence-corrected chi connectivity index (χ2v) is 10.3. The predicted molar refractivity (Wildman–Crippen MR) is 123 cm³/mol. The molecule has 5 nitrogen and oxygen atoms in total. The summed E-state index contributed by atoms with van der Waals surface area (Å²) >= 11 is 1.60. The first-order valence-electron chi connectivity index (χ1n) is 9.54. The molecule has 0 amide bonds. The van der Waals surface area contributed by atoms with Crippen LogP contribution < -0.4 is 4.90 Å². The first kappa shape index (κ1) is 20.5. The zero-order chi connectivity index (χ0) is 21.3. The topological polar surface area (TPSA) is 66.1 Å². The van der Waals surface area contributed by atoms with Gasteiger partial charge in [-0.25, -0.2) is 13.4 Å². The van der Waals surface area contributed by atoms with Gasteiger partial charge in [-0.05, 0) is 48.9 Å². The highest BCUT2D eigenvalue weighted by Crippen LogP contribution is 2.29. The van der Waals surface area contributed by atoms with Crippen LogP contribution in [0.1, 0.15) is 11.1 Å². The van der Waals surface area contributed by atoms with E-state index in [1.807, 2.05) is 45.3 Å². The molecule has 0 aliphatic heterocycles. The summed E-state index contributed by atoms with van der Waals surface area (Å²) < 4.78 is 25.9. The standard InChI is InChI=1S/C23H23N3O2S2/c1-16-8-10-18(11-9-16)30(27,28)19-12-13-20-21(14-19)25-23(24-20)29-15-17-6-4-5-7-22(17)26(2)3/h4-14H,15H2,1-3H3,(H,24,25). The van der Waals surface area contributed by atoms with E-state index in [1.165, 1.54) is 11.3 Å². The van der Waals surface area contributed by atoms with Crippen molar-refractivity contribution in [2.24, 2.45) is 0 Å². The molecule has 0 bridgehead atoms. The molecule has 0 aliphatic carbocycles. The van der Waals surface area contributed by atoms with Gasteiger partial charge in [0.15, 0.2) is 5.16 Å². The van der Waals surface area contributed by atoms with Crippen molar-refractivity contribution in [1.82, 2.24) is 9.97 Å². The number of hydrogen-bond acceptors (Lipinski definition) is 5.